The summed E-state index contributed by atoms with van der Waals surface area (Å²) in [6.45, 7) is 0.131. The van der Waals surface area contributed by atoms with Gasteiger partial charge in [0.2, 0.25) is 5.91 Å². The van der Waals surface area contributed by atoms with Gasteiger partial charge in [0.15, 0.2) is 10.8 Å². The molecule has 1 saturated heterocycles. The first-order chi connectivity index (χ1) is 13.9. The van der Waals surface area contributed by atoms with E-state index in [9.17, 15) is 24.5 Å². The number of rotatable bonds is 8. The zero-order chi connectivity index (χ0) is 21.0. The first kappa shape index (κ1) is 20.8. The second-order valence-electron chi connectivity index (χ2n) is 6.22. The van der Waals surface area contributed by atoms with Gasteiger partial charge in [-0.3, -0.25) is 24.5 Å². The number of nitro benzene ring substituents is 1. The van der Waals surface area contributed by atoms with Crippen LogP contribution in [-0.2, 0) is 25.7 Å². The van der Waals surface area contributed by atoms with Crippen molar-refractivity contribution in [2.24, 2.45) is 0 Å². The molecule has 9 nitrogen and oxygen atoms in total. The van der Waals surface area contributed by atoms with Crippen molar-refractivity contribution in [2.75, 3.05) is 12.8 Å². The Balaban J connectivity index is 1.71. The summed E-state index contributed by atoms with van der Waals surface area (Å²) in [6.07, 6.45) is 1.70. The van der Waals surface area contributed by atoms with E-state index in [2.05, 4.69) is 10.6 Å². The summed E-state index contributed by atoms with van der Waals surface area (Å²) in [5.74, 6) is -2.94. The molecular weight excluding hydrogens is 418 g/mol. The predicted molar refractivity (Wildman–Crippen MR) is 107 cm³/mol. The number of hydrogen-bond donors (Lipinski definition) is 2. The van der Waals surface area contributed by atoms with Crippen LogP contribution in [0.2, 0.25) is 0 Å². The van der Waals surface area contributed by atoms with Crippen LogP contribution in [0.25, 0.3) is 0 Å². The predicted octanol–water partition coefficient (Wildman–Crippen LogP) is 1.79. The Morgan fingerprint density at radius 3 is 2.59 bits per heavy atom. The molecule has 2 N–H and O–H groups in total. The van der Waals surface area contributed by atoms with Crippen molar-refractivity contribution < 1.29 is 24.0 Å². The molecule has 0 radical (unpaired) electrons. The lowest BCUT2D eigenvalue weighted by molar-refractivity contribution is -0.384. The van der Waals surface area contributed by atoms with Gasteiger partial charge in [-0.25, -0.2) is 0 Å². The molecule has 1 aliphatic rings. The van der Waals surface area contributed by atoms with Gasteiger partial charge in [0.05, 0.1) is 11.5 Å². The first-order valence-corrected chi connectivity index (χ1v) is 10.6. The highest BCUT2D eigenvalue weighted by atomic mass is 32.2. The fourth-order valence-corrected chi connectivity index (χ4v) is 4.06. The number of thiophene rings is 1. The lowest BCUT2D eigenvalue weighted by Gasteiger charge is -2.40. The van der Waals surface area contributed by atoms with E-state index in [1.54, 1.807) is 23.1 Å². The highest BCUT2D eigenvalue weighted by Gasteiger charge is 2.49. The van der Waals surface area contributed by atoms with E-state index in [0.29, 0.717) is 11.1 Å². The number of nitro groups is 1. The van der Waals surface area contributed by atoms with Crippen LogP contribution >= 0.6 is 23.1 Å². The molecule has 2 atom stereocenters. The van der Waals surface area contributed by atoms with Gasteiger partial charge in [0.1, 0.15) is 6.61 Å². The van der Waals surface area contributed by atoms with Crippen molar-refractivity contribution in [2.45, 2.75) is 17.4 Å². The summed E-state index contributed by atoms with van der Waals surface area (Å²) in [5, 5.41) is 19.4. The number of non-ortho nitro benzene ring substituents is 1. The molecule has 2 amide bonds. The highest BCUT2D eigenvalue weighted by molar-refractivity contribution is 8.00. The molecule has 0 spiro atoms. The van der Waals surface area contributed by atoms with Crippen molar-refractivity contribution in [3.63, 3.8) is 0 Å². The van der Waals surface area contributed by atoms with Crippen molar-refractivity contribution in [1.82, 2.24) is 10.6 Å². The second kappa shape index (κ2) is 8.62. The molecule has 3 rings (SSSR count). The number of thioether (sulfide) groups is 1. The number of carbonyl (C=O) groups is 3. The zero-order valence-corrected chi connectivity index (χ0v) is 16.9. The van der Waals surface area contributed by atoms with Crippen molar-refractivity contribution in [3.05, 3.63) is 62.3 Å². The molecule has 2 aromatic rings. The van der Waals surface area contributed by atoms with Gasteiger partial charge in [-0.15, -0.1) is 11.8 Å². The quantitative estimate of drug-likeness (QED) is 0.162. The van der Waals surface area contributed by atoms with Crippen LogP contribution < -0.4 is 10.6 Å². The third-order valence-electron chi connectivity index (χ3n) is 4.44. The normalized spacial score (nSPS) is 18.9. The highest BCUT2D eigenvalue weighted by Crippen LogP contribution is 2.28. The lowest BCUT2D eigenvalue weighted by atomic mass is 10.00. The Morgan fingerprint density at radius 1 is 1.38 bits per heavy atom. The maximum Gasteiger partial charge on any atom is 0.323 e. The molecule has 0 saturated carbocycles. The van der Waals surface area contributed by atoms with Gasteiger partial charge < -0.3 is 15.4 Å². The number of nitrogens with one attached hydrogen (secondary N) is 2. The first-order valence-electron chi connectivity index (χ1n) is 8.44. The number of ether oxygens (including phenoxy) is 1. The second-order valence-corrected chi connectivity index (χ2v) is 8.11. The molecule has 1 fully saturated rings. The summed E-state index contributed by atoms with van der Waals surface area (Å²) in [7, 11) is 0. The Kier molecular flexibility index (Phi) is 6.18. The van der Waals surface area contributed by atoms with Gasteiger partial charge in [-0.05, 0) is 46.3 Å². The van der Waals surface area contributed by atoms with Crippen LogP contribution in [0.15, 0.2) is 41.1 Å². The molecule has 1 aromatic carbocycles. The largest absolute Gasteiger partial charge is 0.460 e. The van der Waals surface area contributed by atoms with Crippen LogP contribution in [0.4, 0.5) is 5.69 Å². The summed E-state index contributed by atoms with van der Waals surface area (Å²) in [5.41, 5.74) is 0.946. The Bertz CT molecular complexity index is 928. The van der Waals surface area contributed by atoms with Crippen LogP contribution in [-0.4, -0.2) is 40.4 Å². The van der Waals surface area contributed by atoms with Gasteiger partial charge in [0.25, 0.3) is 11.6 Å². The minimum atomic E-state index is -1.23. The smallest absolute Gasteiger partial charge is 0.323 e. The third kappa shape index (κ3) is 4.40. The Morgan fingerprint density at radius 2 is 2.10 bits per heavy atom. The molecule has 0 aliphatic carbocycles. The fourth-order valence-electron chi connectivity index (χ4n) is 2.69. The molecule has 1 aliphatic heterocycles. The fraction of sp³-hybridized carbons (Fsp3) is 0.278. The molecule has 152 valence electrons. The molecule has 1 aromatic heterocycles. The van der Waals surface area contributed by atoms with Crippen molar-refractivity contribution >= 4 is 46.6 Å². The average Bonchev–Trinajstić information content (AvgIpc) is 3.23. The van der Waals surface area contributed by atoms with Crippen molar-refractivity contribution in [1.29, 1.82) is 0 Å². The van der Waals surface area contributed by atoms with Gasteiger partial charge in [-0.1, -0.05) is 0 Å². The minimum absolute atomic E-state index is 0.0725. The number of esters is 1. The summed E-state index contributed by atoms with van der Waals surface area (Å²) < 4.78 is 5.29. The van der Waals surface area contributed by atoms with E-state index in [0.717, 1.165) is 0 Å². The third-order valence-corrected chi connectivity index (χ3v) is 6.27. The number of nitrogens with zero attached hydrogens (tertiary/aromatic N) is 1. The van der Waals surface area contributed by atoms with E-state index in [1.807, 2.05) is 0 Å². The van der Waals surface area contributed by atoms with Crippen molar-refractivity contribution in [3.8, 4) is 0 Å². The maximum atomic E-state index is 12.9. The van der Waals surface area contributed by atoms with E-state index >= 15 is 0 Å². The summed E-state index contributed by atoms with van der Waals surface area (Å²) in [6, 6.07) is 7.22. The van der Waals surface area contributed by atoms with Crippen LogP contribution in [0, 0.1) is 10.1 Å². The summed E-state index contributed by atoms with van der Waals surface area (Å²) >= 11 is 2.52. The number of hydrogen-bond acceptors (Lipinski definition) is 8. The van der Waals surface area contributed by atoms with Gasteiger partial charge in [0, 0.05) is 12.1 Å². The van der Waals surface area contributed by atoms with Gasteiger partial charge >= 0.3 is 5.97 Å². The molecule has 2 heterocycles. The number of benzene rings is 1. The molecule has 0 bridgehead atoms. The summed E-state index contributed by atoms with van der Waals surface area (Å²) in [4.78, 5) is 46.5. The van der Waals surface area contributed by atoms with E-state index < -0.39 is 27.6 Å². The van der Waals surface area contributed by atoms with E-state index in [4.69, 9.17) is 4.74 Å². The monoisotopic (exact) mass is 435 g/mol. The average molecular weight is 435 g/mol. The standard InChI is InChI=1S/C18H17N3O6S2/c1-28-18(10-19-17(18)24)20-15(22)14(12-6-7-29-9-12)16(23)27-8-11-2-4-13(5-3-11)21(25)26/h2-7,9,14H,8,10H2,1H3,(H,19,24)(H,20,22)/t14?,18-/m0/s1. The van der Waals surface area contributed by atoms with E-state index in [1.165, 1.54) is 47.4 Å². The Labute approximate surface area is 174 Å². The Hall–Kier alpha value is -2.92. The molecule has 11 heteroatoms. The minimum Gasteiger partial charge on any atom is -0.460 e. The number of β-lactam (4-membered cyclic amide) rings is 1. The zero-order valence-electron chi connectivity index (χ0n) is 15.2. The number of amides is 2. The maximum absolute atomic E-state index is 12.9. The lowest BCUT2D eigenvalue weighted by Crippen LogP contribution is -2.71. The molecule has 29 heavy (non-hydrogen) atoms. The molecular formula is C18H17N3O6S2. The SMILES string of the molecule is CS[C@@]1(NC(=O)C(C(=O)OCc2ccc([N+](=O)[O-])cc2)c2ccsc2)CNC1=O. The van der Waals surface area contributed by atoms with Crippen LogP contribution in [0.1, 0.15) is 17.0 Å². The van der Waals surface area contributed by atoms with Gasteiger partial charge in [-0.2, -0.15) is 11.3 Å². The van der Waals surface area contributed by atoms with Crippen LogP contribution in [0.3, 0.4) is 0 Å². The topological polar surface area (TPSA) is 128 Å². The van der Waals surface area contributed by atoms with E-state index in [-0.39, 0.29) is 24.7 Å². The number of carbonyl (C=O) groups excluding carboxylic acids is 3. The van der Waals surface area contributed by atoms with Crippen LogP contribution in [0.5, 0.6) is 0 Å². The molecule has 1 unspecified atom stereocenters.